The number of carbonyl (C=O) groups excluding carboxylic acids is 1. The number of unbranched alkanes of at least 4 members (excludes halogenated alkanes) is 6. The fourth-order valence-corrected chi connectivity index (χ4v) is 4.85. The number of hydrogen-bond acceptors (Lipinski definition) is 4. The van der Waals surface area contributed by atoms with Crippen molar-refractivity contribution >= 4 is 5.97 Å². The molecule has 0 aliphatic heterocycles. The van der Waals surface area contributed by atoms with Crippen molar-refractivity contribution in [2.24, 2.45) is 5.92 Å². The number of nitrogens with zero attached hydrogens (tertiary/aromatic N) is 2. The second-order valence-electron chi connectivity index (χ2n) is 10.6. The van der Waals surface area contributed by atoms with E-state index in [4.69, 9.17) is 4.74 Å². The van der Waals surface area contributed by atoms with Crippen LogP contribution in [0.15, 0.2) is 60.9 Å². The van der Waals surface area contributed by atoms with Crippen LogP contribution in [0.1, 0.15) is 103 Å². The van der Waals surface area contributed by atoms with Crippen LogP contribution >= 0.6 is 0 Å². The topological polar surface area (TPSA) is 52.1 Å². The van der Waals surface area contributed by atoms with E-state index in [9.17, 15) is 4.79 Å². The first-order valence-corrected chi connectivity index (χ1v) is 14.8. The van der Waals surface area contributed by atoms with Crippen LogP contribution in [0.25, 0.3) is 22.5 Å². The lowest BCUT2D eigenvalue weighted by molar-refractivity contribution is -0.134. The monoisotopic (exact) mass is 514 g/mol. The predicted octanol–water partition coefficient (Wildman–Crippen LogP) is 9.62. The molecule has 0 aliphatic rings. The zero-order chi connectivity index (χ0) is 27.0. The van der Waals surface area contributed by atoms with E-state index < -0.39 is 0 Å². The quantitative estimate of drug-likeness (QED) is 0.102. The van der Waals surface area contributed by atoms with Gasteiger partial charge in [-0.05, 0) is 48.4 Å². The summed E-state index contributed by atoms with van der Waals surface area (Å²) in [5.74, 6) is 1.94. The first-order chi connectivity index (χ1) is 18.6. The summed E-state index contributed by atoms with van der Waals surface area (Å²) in [4.78, 5) is 21.4. The third-order valence-corrected chi connectivity index (χ3v) is 7.21. The Morgan fingerprint density at radius 1 is 0.711 bits per heavy atom. The number of hydrogen-bond donors (Lipinski definition) is 0. The zero-order valence-corrected chi connectivity index (χ0v) is 23.8. The highest BCUT2D eigenvalue weighted by Gasteiger charge is 2.08. The van der Waals surface area contributed by atoms with Crippen molar-refractivity contribution < 1.29 is 9.53 Å². The molecule has 1 aromatic heterocycles. The van der Waals surface area contributed by atoms with E-state index >= 15 is 0 Å². The average molecular weight is 515 g/mol. The van der Waals surface area contributed by atoms with Gasteiger partial charge in [-0.15, -0.1) is 0 Å². The molecule has 0 amide bonds. The molecule has 1 heterocycles. The number of aromatic nitrogens is 2. The van der Waals surface area contributed by atoms with Gasteiger partial charge in [0.25, 0.3) is 0 Å². The lowest BCUT2D eigenvalue weighted by Gasteiger charge is -2.09. The first-order valence-electron chi connectivity index (χ1n) is 14.8. The van der Waals surface area contributed by atoms with Crippen molar-refractivity contribution in [3.05, 3.63) is 66.5 Å². The largest absolute Gasteiger partial charge is 0.427 e. The number of aryl methyl sites for hydroxylation is 1. The highest BCUT2D eigenvalue weighted by Crippen LogP contribution is 2.24. The molecule has 204 valence electrons. The summed E-state index contributed by atoms with van der Waals surface area (Å²) in [5, 5.41) is 0. The number of carbonyl (C=O) groups is 1. The Balaban J connectivity index is 1.43. The second kappa shape index (κ2) is 16.8. The van der Waals surface area contributed by atoms with Crippen LogP contribution in [0.3, 0.4) is 0 Å². The molecule has 0 spiro atoms. The molecule has 0 N–H and O–H groups in total. The van der Waals surface area contributed by atoms with Gasteiger partial charge < -0.3 is 4.74 Å². The van der Waals surface area contributed by atoms with Gasteiger partial charge in [0.2, 0.25) is 0 Å². The van der Waals surface area contributed by atoms with Gasteiger partial charge in [0.1, 0.15) is 5.75 Å². The van der Waals surface area contributed by atoms with Gasteiger partial charge in [0.15, 0.2) is 5.82 Å². The van der Waals surface area contributed by atoms with Crippen molar-refractivity contribution in [1.82, 2.24) is 9.97 Å². The summed E-state index contributed by atoms with van der Waals surface area (Å²) >= 11 is 0. The average Bonchev–Trinajstić information content (AvgIpc) is 2.94. The highest BCUT2D eigenvalue weighted by atomic mass is 16.5. The van der Waals surface area contributed by atoms with Crippen molar-refractivity contribution in [2.45, 2.75) is 104 Å². The number of ether oxygens (including phenoxy) is 1. The normalized spacial score (nSPS) is 11.9. The van der Waals surface area contributed by atoms with E-state index in [2.05, 4.69) is 55.0 Å². The van der Waals surface area contributed by atoms with Gasteiger partial charge in [-0.2, -0.15) is 0 Å². The molecule has 2 aromatic carbocycles. The smallest absolute Gasteiger partial charge is 0.311 e. The molecular formula is C34H46N2O2. The Morgan fingerprint density at radius 2 is 1.37 bits per heavy atom. The standard InChI is InChI=1S/C34H46N2O2/c1-4-6-7-8-11-15-28-17-19-30(20-18-28)34-35-25-31(26-36-34)29-21-23-32(24-22-29)38-33(37)16-12-9-10-14-27(3)13-5-2/h17-27H,4-16H2,1-3H3. The van der Waals surface area contributed by atoms with E-state index in [0.717, 1.165) is 47.7 Å². The molecule has 4 nitrogen and oxygen atoms in total. The van der Waals surface area contributed by atoms with Crippen LogP contribution in [0.2, 0.25) is 0 Å². The lowest BCUT2D eigenvalue weighted by Crippen LogP contribution is -2.07. The fourth-order valence-electron chi connectivity index (χ4n) is 4.85. The lowest BCUT2D eigenvalue weighted by atomic mass is 9.98. The van der Waals surface area contributed by atoms with E-state index in [1.165, 1.54) is 63.4 Å². The van der Waals surface area contributed by atoms with E-state index in [1.807, 2.05) is 36.7 Å². The molecule has 4 heteroatoms. The van der Waals surface area contributed by atoms with Crippen LogP contribution in [-0.4, -0.2) is 15.9 Å². The summed E-state index contributed by atoms with van der Waals surface area (Å²) < 4.78 is 5.53. The van der Waals surface area contributed by atoms with E-state index in [-0.39, 0.29) is 5.97 Å². The summed E-state index contributed by atoms with van der Waals surface area (Å²) in [5.41, 5.74) is 4.34. The maximum absolute atomic E-state index is 12.2. The molecule has 3 aromatic rings. The molecule has 1 atom stereocenters. The van der Waals surface area contributed by atoms with Crippen LogP contribution in [-0.2, 0) is 11.2 Å². The maximum Gasteiger partial charge on any atom is 0.311 e. The molecule has 0 aliphatic carbocycles. The van der Waals surface area contributed by atoms with Gasteiger partial charge in [0, 0.05) is 29.9 Å². The minimum Gasteiger partial charge on any atom is -0.427 e. The fraction of sp³-hybridized carbons (Fsp3) is 0.500. The number of benzene rings is 2. The number of rotatable bonds is 17. The Bertz CT molecular complexity index is 1060. The predicted molar refractivity (Wildman–Crippen MR) is 158 cm³/mol. The van der Waals surface area contributed by atoms with Crippen molar-refractivity contribution in [2.75, 3.05) is 0 Å². The molecule has 1 unspecified atom stereocenters. The minimum atomic E-state index is -0.158. The van der Waals surface area contributed by atoms with E-state index in [0.29, 0.717) is 12.2 Å². The van der Waals surface area contributed by atoms with Gasteiger partial charge >= 0.3 is 5.97 Å². The third-order valence-electron chi connectivity index (χ3n) is 7.21. The highest BCUT2D eigenvalue weighted by molar-refractivity contribution is 5.73. The molecule has 0 fully saturated rings. The summed E-state index contributed by atoms with van der Waals surface area (Å²) in [7, 11) is 0. The summed E-state index contributed by atoms with van der Waals surface area (Å²) in [6.45, 7) is 6.80. The molecular weight excluding hydrogens is 468 g/mol. The van der Waals surface area contributed by atoms with Gasteiger partial charge in [-0.25, -0.2) is 9.97 Å². The van der Waals surface area contributed by atoms with E-state index in [1.54, 1.807) is 0 Å². The van der Waals surface area contributed by atoms with Crippen LogP contribution in [0.4, 0.5) is 0 Å². The van der Waals surface area contributed by atoms with Crippen LogP contribution in [0, 0.1) is 5.92 Å². The van der Waals surface area contributed by atoms with Crippen LogP contribution < -0.4 is 4.74 Å². The Hall–Kier alpha value is -3.01. The van der Waals surface area contributed by atoms with Crippen molar-refractivity contribution in [3.63, 3.8) is 0 Å². The molecule has 0 bridgehead atoms. The summed E-state index contributed by atoms with van der Waals surface area (Å²) in [6.07, 6.45) is 18.8. The third kappa shape index (κ3) is 10.4. The Morgan fingerprint density at radius 3 is 2.05 bits per heavy atom. The second-order valence-corrected chi connectivity index (χ2v) is 10.6. The van der Waals surface area contributed by atoms with Gasteiger partial charge in [-0.3, -0.25) is 4.79 Å². The van der Waals surface area contributed by atoms with Gasteiger partial charge in [-0.1, -0.05) is 115 Å². The Labute approximate surface area is 230 Å². The molecule has 0 saturated heterocycles. The van der Waals surface area contributed by atoms with Crippen molar-refractivity contribution in [3.8, 4) is 28.3 Å². The maximum atomic E-state index is 12.2. The SMILES string of the molecule is CCCCCCCc1ccc(-c2ncc(-c3ccc(OC(=O)CCCCCC(C)CCC)cc3)cn2)cc1. The zero-order valence-electron chi connectivity index (χ0n) is 23.8. The molecule has 3 rings (SSSR count). The molecule has 38 heavy (non-hydrogen) atoms. The molecule has 0 saturated carbocycles. The first kappa shape index (κ1) is 29.5. The van der Waals surface area contributed by atoms with Gasteiger partial charge in [0.05, 0.1) is 0 Å². The molecule has 0 radical (unpaired) electrons. The summed E-state index contributed by atoms with van der Waals surface area (Å²) in [6, 6.07) is 16.2. The Kier molecular flexibility index (Phi) is 13.0. The minimum absolute atomic E-state index is 0.158. The van der Waals surface area contributed by atoms with Crippen LogP contribution in [0.5, 0.6) is 5.75 Å². The number of esters is 1. The van der Waals surface area contributed by atoms with Crippen molar-refractivity contribution in [1.29, 1.82) is 0 Å².